The van der Waals surface area contributed by atoms with Crippen LogP contribution in [0.25, 0.3) is 11.5 Å². The van der Waals surface area contributed by atoms with E-state index >= 15 is 0 Å². The maximum atomic E-state index is 5.67. The van der Waals surface area contributed by atoms with E-state index in [0.717, 1.165) is 10.0 Å². The van der Waals surface area contributed by atoms with E-state index in [-0.39, 0.29) is 0 Å². The number of aromatic nitrogens is 1. The highest BCUT2D eigenvalue weighted by Gasteiger charge is 2.11. The maximum Gasteiger partial charge on any atom is 0.229 e. The van der Waals surface area contributed by atoms with E-state index in [2.05, 4.69) is 20.9 Å². The van der Waals surface area contributed by atoms with Crippen molar-refractivity contribution in [2.75, 3.05) is 7.11 Å². The minimum absolute atomic E-state index is 0.336. The second-order valence-corrected chi connectivity index (χ2v) is 4.31. The molecular formula is C11H9BrClNO2. The summed E-state index contributed by atoms with van der Waals surface area (Å²) in [7, 11) is 1.61. The van der Waals surface area contributed by atoms with Crippen LogP contribution in [-0.4, -0.2) is 12.1 Å². The molecule has 0 aliphatic rings. The first-order valence-electron chi connectivity index (χ1n) is 4.59. The van der Waals surface area contributed by atoms with Crippen molar-refractivity contribution in [3.63, 3.8) is 0 Å². The Hall–Kier alpha value is -1.00. The minimum Gasteiger partial charge on any atom is -0.496 e. The number of benzene rings is 1. The normalized spacial score (nSPS) is 10.4. The van der Waals surface area contributed by atoms with Gasteiger partial charge in [-0.1, -0.05) is 15.9 Å². The largest absolute Gasteiger partial charge is 0.496 e. The predicted octanol–water partition coefficient (Wildman–Crippen LogP) is 3.85. The summed E-state index contributed by atoms with van der Waals surface area (Å²) in [5.74, 6) is 1.56. The Morgan fingerprint density at radius 2 is 2.31 bits per heavy atom. The summed E-state index contributed by atoms with van der Waals surface area (Å²) in [4.78, 5) is 4.24. The predicted molar refractivity (Wildman–Crippen MR) is 65.7 cm³/mol. The number of nitrogens with zero attached hydrogens (tertiary/aromatic N) is 1. The molecular weight excluding hydrogens is 293 g/mol. The molecule has 0 aliphatic carbocycles. The average Bonchev–Trinajstić information content (AvgIpc) is 2.77. The van der Waals surface area contributed by atoms with E-state index in [1.54, 1.807) is 13.4 Å². The van der Waals surface area contributed by atoms with Crippen LogP contribution in [0.1, 0.15) is 5.69 Å². The van der Waals surface area contributed by atoms with Gasteiger partial charge in [0, 0.05) is 4.47 Å². The molecule has 5 heteroatoms. The van der Waals surface area contributed by atoms with E-state index in [1.165, 1.54) is 0 Å². The molecule has 3 nitrogen and oxygen atoms in total. The van der Waals surface area contributed by atoms with Gasteiger partial charge in [-0.25, -0.2) is 4.98 Å². The van der Waals surface area contributed by atoms with Crippen molar-refractivity contribution < 1.29 is 9.15 Å². The van der Waals surface area contributed by atoms with Gasteiger partial charge in [0.05, 0.1) is 24.2 Å². The van der Waals surface area contributed by atoms with Gasteiger partial charge in [0.1, 0.15) is 12.0 Å². The molecule has 0 unspecified atom stereocenters. The minimum atomic E-state index is 0.336. The van der Waals surface area contributed by atoms with Crippen LogP contribution in [0, 0.1) is 0 Å². The Labute approximate surface area is 107 Å². The van der Waals surface area contributed by atoms with Gasteiger partial charge in [0.2, 0.25) is 5.89 Å². The number of oxazole rings is 1. The molecule has 2 rings (SSSR count). The molecule has 1 aromatic carbocycles. The molecule has 84 valence electrons. The lowest BCUT2D eigenvalue weighted by molar-refractivity contribution is 0.414. The highest BCUT2D eigenvalue weighted by atomic mass is 79.9. The first-order chi connectivity index (χ1) is 7.74. The lowest BCUT2D eigenvalue weighted by atomic mass is 10.2. The van der Waals surface area contributed by atoms with Crippen LogP contribution in [0.2, 0.25) is 0 Å². The summed E-state index contributed by atoms with van der Waals surface area (Å²) < 4.78 is 11.5. The monoisotopic (exact) mass is 301 g/mol. The summed E-state index contributed by atoms with van der Waals surface area (Å²) in [6.07, 6.45) is 1.55. The quantitative estimate of drug-likeness (QED) is 0.808. The Kier molecular flexibility index (Phi) is 3.51. The van der Waals surface area contributed by atoms with Crippen molar-refractivity contribution in [2.24, 2.45) is 0 Å². The topological polar surface area (TPSA) is 35.3 Å². The summed E-state index contributed by atoms with van der Waals surface area (Å²) >= 11 is 9.04. The van der Waals surface area contributed by atoms with Crippen molar-refractivity contribution in [3.05, 3.63) is 34.6 Å². The van der Waals surface area contributed by atoms with Crippen LogP contribution >= 0.6 is 27.5 Å². The third-order valence-electron chi connectivity index (χ3n) is 2.08. The van der Waals surface area contributed by atoms with Gasteiger partial charge in [-0.2, -0.15) is 0 Å². The second kappa shape index (κ2) is 4.89. The zero-order valence-corrected chi connectivity index (χ0v) is 10.9. The molecule has 0 saturated carbocycles. The molecule has 0 fully saturated rings. The van der Waals surface area contributed by atoms with Crippen LogP contribution in [0.5, 0.6) is 5.75 Å². The van der Waals surface area contributed by atoms with Crippen molar-refractivity contribution in [2.45, 2.75) is 5.88 Å². The fourth-order valence-corrected chi connectivity index (χ4v) is 1.80. The van der Waals surface area contributed by atoms with Crippen LogP contribution in [0.15, 0.2) is 33.4 Å². The number of ether oxygens (including phenoxy) is 1. The molecule has 0 atom stereocenters. The first kappa shape index (κ1) is 11.5. The molecule has 16 heavy (non-hydrogen) atoms. The van der Waals surface area contributed by atoms with Crippen LogP contribution < -0.4 is 4.74 Å². The van der Waals surface area contributed by atoms with Crippen LogP contribution in [-0.2, 0) is 5.88 Å². The third kappa shape index (κ3) is 2.23. The van der Waals surface area contributed by atoms with Crippen LogP contribution in [0.4, 0.5) is 0 Å². The molecule has 0 amide bonds. The summed E-state index contributed by atoms with van der Waals surface area (Å²) in [5.41, 5.74) is 1.52. The number of halogens is 2. The fraction of sp³-hybridized carbons (Fsp3) is 0.182. The summed E-state index contributed by atoms with van der Waals surface area (Å²) in [5, 5.41) is 0. The van der Waals surface area contributed by atoms with Crippen LogP contribution in [0.3, 0.4) is 0 Å². The van der Waals surface area contributed by atoms with Crippen molar-refractivity contribution >= 4 is 27.5 Å². The number of alkyl halides is 1. The van der Waals surface area contributed by atoms with Gasteiger partial charge in [-0.3, -0.25) is 0 Å². The second-order valence-electron chi connectivity index (χ2n) is 3.12. The average molecular weight is 303 g/mol. The van der Waals surface area contributed by atoms with Gasteiger partial charge in [-0.15, -0.1) is 11.6 Å². The third-order valence-corrected chi connectivity index (χ3v) is 2.85. The Morgan fingerprint density at radius 1 is 1.50 bits per heavy atom. The molecule has 0 aliphatic heterocycles. The number of methoxy groups -OCH3 is 1. The van der Waals surface area contributed by atoms with Crippen molar-refractivity contribution in [1.29, 1.82) is 0 Å². The molecule has 1 heterocycles. The smallest absolute Gasteiger partial charge is 0.229 e. The van der Waals surface area contributed by atoms with Gasteiger partial charge in [0.25, 0.3) is 0 Å². The van der Waals surface area contributed by atoms with E-state index in [4.69, 9.17) is 20.8 Å². The molecule has 0 radical (unpaired) electrons. The molecule has 1 aromatic heterocycles. The highest BCUT2D eigenvalue weighted by Crippen LogP contribution is 2.31. The SMILES string of the molecule is COc1cc(Br)ccc1-c1nc(CCl)co1. The molecule has 0 N–H and O–H groups in total. The zero-order valence-electron chi connectivity index (χ0n) is 8.54. The molecule has 2 aromatic rings. The standard InChI is InChI=1S/C11H9BrClNO2/c1-15-10-4-7(12)2-3-9(10)11-14-8(5-13)6-16-11/h2-4,6H,5H2,1H3. The van der Waals surface area contributed by atoms with E-state index < -0.39 is 0 Å². The number of rotatable bonds is 3. The lowest BCUT2D eigenvalue weighted by Gasteiger charge is -2.05. The lowest BCUT2D eigenvalue weighted by Crippen LogP contribution is -1.88. The maximum absolute atomic E-state index is 5.67. The van der Waals surface area contributed by atoms with Gasteiger partial charge < -0.3 is 9.15 Å². The van der Waals surface area contributed by atoms with E-state index in [0.29, 0.717) is 23.2 Å². The number of hydrogen-bond acceptors (Lipinski definition) is 3. The van der Waals surface area contributed by atoms with Gasteiger partial charge in [-0.05, 0) is 18.2 Å². The highest BCUT2D eigenvalue weighted by molar-refractivity contribution is 9.10. The molecule has 0 saturated heterocycles. The first-order valence-corrected chi connectivity index (χ1v) is 5.91. The van der Waals surface area contributed by atoms with E-state index in [9.17, 15) is 0 Å². The van der Waals surface area contributed by atoms with Crippen molar-refractivity contribution in [3.8, 4) is 17.2 Å². The van der Waals surface area contributed by atoms with E-state index in [1.807, 2.05) is 18.2 Å². The van der Waals surface area contributed by atoms with Crippen molar-refractivity contribution in [1.82, 2.24) is 4.98 Å². The zero-order chi connectivity index (χ0) is 11.5. The van der Waals surface area contributed by atoms with Gasteiger partial charge in [0.15, 0.2) is 0 Å². The Bertz CT molecular complexity index is 498. The van der Waals surface area contributed by atoms with Gasteiger partial charge >= 0.3 is 0 Å². The Morgan fingerprint density at radius 3 is 2.94 bits per heavy atom. The summed E-state index contributed by atoms with van der Waals surface area (Å²) in [6.45, 7) is 0. The molecule has 0 spiro atoms. The summed E-state index contributed by atoms with van der Waals surface area (Å²) in [6, 6.07) is 5.65. The number of hydrogen-bond donors (Lipinski definition) is 0. The molecule has 0 bridgehead atoms. The fourth-order valence-electron chi connectivity index (χ4n) is 1.33. The Balaban J connectivity index is 2.46.